The van der Waals surface area contributed by atoms with Gasteiger partial charge in [-0.25, -0.2) is 0 Å². The van der Waals surface area contributed by atoms with Crippen molar-refractivity contribution in [2.45, 2.75) is 38.1 Å². The molecule has 1 atom stereocenters. The number of aliphatic hydroxyl groups is 1. The second kappa shape index (κ2) is 3.82. The molecule has 4 heteroatoms. The van der Waals surface area contributed by atoms with Gasteiger partial charge in [0.15, 0.2) is 0 Å². The van der Waals surface area contributed by atoms with Crippen LogP contribution in [0.1, 0.15) is 32.1 Å². The van der Waals surface area contributed by atoms with Crippen LogP contribution in [0.2, 0.25) is 0 Å². The van der Waals surface area contributed by atoms with Gasteiger partial charge in [0, 0.05) is 6.54 Å². The Labute approximate surface area is 89.5 Å². The summed E-state index contributed by atoms with van der Waals surface area (Å²) >= 11 is 0. The van der Waals surface area contributed by atoms with Gasteiger partial charge in [0.05, 0.1) is 18.7 Å². The highest BCUT2D eigenvalue weighted by Gasteiger charge is 2.48. The van der Waals surface area contributed by atoms with E-state index in [9.17, 15) is 4.79 Å². The van der Waals surface area contributed by atoms with Crippen LogP contribution in [0.4, 0.5) is 0 Å². The zero-order chi connectivity index (χ0) is 10.9. The van der Waals surface area contributed by atoms with Crippen molar-refractivity contribution in [3.05, 3.63) is 0 Å². The fourth-order valence-electron chi connectivity index (χ4n) is 2.47. The summed E-state index contributed by atoms with van der Waals surface area (Å²) in [6.45, 7) is 0.723. The van der Waals surface area contributed by atoms with Crippen LogP contribution in [-0.4, -0.2) is 35.1 Å². The van der Waals surface area contributed by atoms with Gasteiger partial charge in [-0.1, -0.05) is 0 Å². The number of nitriles is 1. The lowest BCUT2D eigenvalue weighted by atomic mass is 9.69. The molecule has 1 saturated carbocycles. The number of carbonyl (C=O) groups is 1. The summed E-state index contributed by atoms with van der Waals surface area (Å²) in [6, 6.07) is 2.11. The summed E-state index contributed by atoms with van der Waals surface area (Å²) in [5.41, 5.74) is -0.752. The van der Waals surface area contributed by atoms with Crippen LogP contribution in [0.15, 0.2) is 0 Å². The van der Waals surface area contributed by atoms with E-state index < -0.39 is 5.41 Å². The summed E-state index contributed by atoms with van der Waals surface area (Å²) in [6.07, 6.45) is 4.16. The van der Waals surface area contributed by atoms with Crippen LogP contribution in [0.5, 0.6) is 0 Å². The number of nitrogens with zero attached hydrogens (tertiary/aromatic N) is 2. The molecule has 0 aromatic carbocycles. The van der Waals surface area contributed by atoms with Crippen molar-refractivity contribution in [1.29, 1.82) is 5.26 Å². The van der Waals surface area contributed by atoms with Crippen LogP contribution in [-0.2, 0) is 4.79 Å². The number of carbonyl (C=O) groups excluding carboxylic acids is 1. The fraction of sp³-hybridized carbons (Fsp3) is 0.818. The van der Waals surface area contributed by atoms with E-state index in [2.05, 4.69) is 6.07 Å². The Morgan fingerprint density at radius 1 is 1.53 bits per heavy atom. The number of aliphatic hydroxyl groups excluding tert-OH is 1. The minimum absolute atomic E-state index is 0.0211. The van der Waals surface area contributed by atoms with E-state index >= 15 is 0 Å². The molecular weight excluding hydrogens is 192 g/mol. The number of rotatable bonds is 2. The van der Waals surface area contributed by atoms with Gasteiger partial charge in [-0.3, -0.25) is 4.79 Å². The Morgan fingerprint density at radius 2 is 2.27 bits per heavy atom. The van der Waals surface area contributed by atoms with Crippen molar-refractivity contribution in [3.8, 4) is 6.07 Å². The van der Waals surface area contributed by atoms with Crippen molar-refractivity contribution in [1.82, 2.24) is 4.90 Å². The molecule has 1 saturated heterocycles. The molecule has 0 aromatic rings. The predicted octanol–water partition coefficient (Wildman–Crippen LogP) is 0.664. The van der Waals surface area contributed by atoms with Gasteiger partial charge in [0.25, 0.3) is 0 Å². The third-order valence-corrected chi connectivity index (χ3v) is 3.68. The maximum Gasteiger partial charge on any atom is 0.243 e. The Morgan fingerprint density at radius 3 is 2.73 bits per heavy atom. The van der Waals surface area contributed by atoms with Gasteiger partial charge in [-0.15, -0.1) is 0 Å². The number of amides is 1. The number of hydrogen-bond donors (Lipinski definition) is 1. The molecule has 0 spiro atoms. The lowest BCUT2D eigenvalue weighted by Crippen LogP contribution is -2.49. The van der Waals surface area contributed by atoms with Gasteiger partial charge in [-0.05, 0) is 32.1 Å². The van der Waals surface area contributed by atoms with Crippen molar-refractivity contribution >= 4 is 5.91 Å². The second-order valence-corrected chi connectivity index (χ2v) is 4.52. The van der Waals surface area contributed by atoms with Crippen LogP contribution in [0, 0.1) is 16.7 Å². The minimum Gasteiger partial charge on any atom is -0.394 e. The van der Waals surface area contributed by atoms with Crippen molar-refractivity contribution in [2.75, 3.05) is 13.2 Å². The average Bonchev–Trinajstić information content (AvgIpc) is 2.64. The van der Waals surface area contributed by atoms with Gasteiger partial charge in [0.2, 0.25) is 5.91 Å². The molecule has 0 bridgehead atoms. The third kappa shape index (κ3) is 1.51. The minimum atomic E-state index is -0.752. The van der Waals surface area contributed by atoms with E-state index in [0.29, 0.717) is 19.4 Å². The van der Waals surface area contributed by atoms with Crippen LogP contribution in [0.25, 0.3) is 0 Å². The normalized spacial score (nSPS) is 28.3. The molecule has 1 aliphatic heterocycles. The van der Waals surface area contributed by atoms with E-state index in [1.54, 1.807) is 4.90 Å². The van der Waals surface area contributed by atoms with Gasteiger partial charge < -0.3 is 10.0 Å². The molecule has 82 valence electrons. The summed E-state index contributed by atoms with van der Waals surface area (Å²) in [5.74, 6) is -0.0483. The van der Waals surface area contributed by atoms with Crippen molar-refractivity contribution in [3.63, 3.8) is 0 Å². The van der Waals surface area contributed by atoms with Crippen LogP contribution < -0.4 is 0 Å². The first-order chi connectivity index (χ1) is 7.23. The number of hydrogen-bond acceptors (Lipinski definition) is 3. The highest BCUT2D eigenvalue weighted by Crippen LogP contribution is 2.43. The van der Waals surface area contributed by atoms with Crippen molar-refractivity contribution in [2.24, 2.45) is 5.41 Å². The van der Waals surface area contributed by atoms with Crippen LogP contribution in [0.3, 0.4) is 0 Å². The molecule has 0 unspecified atom stereocenters. The molecule has 0 radical (unpaired) electrons. The van der Waals surface area contributed by atoms with E-state index in [1.165, 1.54) is 0 Å². The topological polar surface area (TPSA) is 64.3 Å². The third-order valence-electron chi connectivity index (χ3n) is 3.68. The van der Waals surface area contributed by atoms with Gasteiger partial charge >= 0.3 is 0 Å². The molecule has 2 rings (SSSR count). The standard InChI is InChI=1S/C11H16N2O2/c12-8-11(4-2-5-11)10(15)13-6-1-3-9(13)7-14/h9,14H,1-7H2/t9-/m0/s1. The lowest BCUT2D eigenvalue weighted by molar-refractivity contribution is -0.144. The van der Waals surface area contributed by atoms with E-state index in [0.717, 1.165) is 19.3 Å². The van der Waals surface area contributed by atoms with E-state index in [1.807, 2.05) is 0 Å². The quantitative estimate of drug-likeness (QED) is 0.725. The molecule has 1 N–H and O–H groups in total. The Hall–Kier alpha value is -1.08. The zero-order valence-electron chi connectivity index (χ0n) is 8.78. The maximum absolute atomic E-state index is 12.1. The molecule has 1 aliphatic carbocycles. The average molecular weight is 208 g/mol. The first kappa shape index (κ1) is 10.4. The second-order valence-electron chi connectivity index (χ2n) is 4.52. The molecule has 2 aliphatic rings. The maximum atomic E-state index is 12.1. The first-order valence-corrected chi connectivity index (χ1v) is 5.57. The smallest absolute Gasteiger partial charge is 0.243 e. The Kier molecular flexibility index (Phi) is 2.66. The SMILES string of the molecule is N#CC1(C(=O)N2CCC[C@H]2CO)CCC1. The monoisotopic (exact) mass is 208 g/mol. The summed E-state index contributed by atoms with van der Waals surface area (Å²) < 4.78 is 0. The van der Waals surface area contributed by atoms with Crippen LogP contribution >= 0.6 is 0 Å². The van der Waals surface area contributed by atoms with Gasteiger partial charge in [0.1, 0.15) is 5.41 Å². The first-order valence-electron chi connectivity index (χ1n) is 5.57. The van der Waals surface area contributed by atoms with Gasteiger partial charge in [-0.2, -0.15) is 5.26 Å². The molecule has 2 fully saturated rings. The largest absolute Gasteiger partial charge is 0.394 e. The molecular formula is C11H16N2O2. The molecule has 1 amide bonds. The van der Waals surface area contributed by atoms with E-state index in [4.69, 9.17) is 10.4 Å². The fourth-order valence-corrected chi connectivity index (χ4v) is 2.47. The highest BCUT2D eigenvalue weighted by molar-refractivity contribution is 5.86. The predicted molar refractivity (Wildman–Crippen MR) is 53.7 cm³/mol. The zero-order valence-corrected chi connectivity index (χ0v) is 8.78. The Bertz CT molecular complexity index is 304. The molecule has 15 heavy (non-hydrogen) atoms. The Balaban J connectivity index is 2.10. The summed E-state index contributed by atoms with van der Waals surface area (Å²) in [5, 5.41) is 18.2. The summed E-state index contributed by atoms with van der Waals surface area (Å²) in [4.78, 5) is 13.9. The highest BCUT2D eigenvalue weighted by atomic mass is 16.3. The lowest BCUT2D eigenvalue weighted by Gasteiger charge is -2.38. The number of likely N-dealkylation sites (tertiary alicyclic amines) is 1. The molecule has 4 nitrogen and oxygen atoms in total. The molecule has 1 heterocycles. The summed E-state index contributed by atoms with van der Waals surface area (Å²) in [7, 11) is 0. The van der Waals surface area contributed by atoms with Crippen molar-refractivity contribution < 1.29 is 9.90 Å². The molecule has 0 aromatic heterocycles. The van der Waals surface area contributed by atoms with E-state index in [-0.39, 0.29) is 18.6 Å².